The third-order valence-corrected chi connectivity index (χ3v) is 3.91. The molecule has 2 N–H and O–H groups in total. The summed E-state index contributed by atoms with van der Waals surface area (Å²) in [4.78, 5) is 25.3. The summed E-state index contributed by atoms with van der Waals surface area (Å²) in [6.07, 6.45) is 1.68. The zero-order valence-corrected chi connectivity index (χ0v) is 12.5. The number of hydrogen-bond acceptors (Lipinski definition) is 3. The molecule has 1 amide bonds. The van der Waals surface area contributed by atoms with Gasteiger partial charge in [-0.3, -0.25) is 9.59 Å². The zero-order chi connectivity index (χ0) is 15.4. The normalized spacial score (nSPS) is 21.5. The molecule has 5 heteroatoms. The maximum absolute atomic E-state index is 12.3. The van der Waals surface area contributed by atoms with Gasteiger partial charge < -0.3 is 15.3 Å². The highest BCUT2D eigenvalue weighted by atomic mass is 16.4. The van der Waals surface area contributed by atoms with Gasteiger partial charge in [-0.15, -0.1) is 0 Å². The molecular formula is C16H22N2O3. The molecule has 0 aliphatic heterocycles. The number of aliphatic carboxylic acids is 1. The molecule has 1 fully saturated rings. The first-order valence-electron chi connectivity index (χ1n) is 7.23. The average molecular weight is 290 g/mol. The van der Waals surface area contributed by atoms with E-state index >= 15 is 0 Å². The lowest BCUT2D eigenvalue weighted by molar-refractivity contribution is -0.141. The monoisotopic (exact) mass is 290 g/mol. The minimum Gasteiger partial charge on any atom is -0.481 e. The number of amides is 1. The van der Waals surface area contributed by atoms with E-state index in [0.717, 1.165) is 17.8 Å². The van der Waals surface area contributed by atoms with Gasteiger partial charge >= 0.3 is 5.97 Å². The number of carboxylic acid groups (broad SMARTS) is 1. The topological polar surface area (TPSA) is 69.6 Å². The van der Waals surface area contributed by atoms with Crippen LogP contribution in [0.1, 0.15) is 24.8 Å². The molecule has 0 bridgehead atoms. The van der Waals surface area contributed by atoms with Crippen molar-refractivity contribution >= 4 is 17.6 Å². The van der Waals surface area contributed by atoms with Crippen molar-refractivity contribution in [3.8, 4) is 0 Å². The predicted octanol–water partition coefficient (Wildman–Crippen LogP) is 2.19. The highest BCUT2D eigenvalue weighted by Crippen LogP contribution is 2.32. The summed E-state index contributed by atoms with van der Waals surface area (Å²) in [6.45, 7) is 0.749. The fourth-order valence-corrected chi connectivity index (χ4v) is 2.80. The lowest BCUT2D eigenvalue weighted by Crippen LogP contribution is -2.23. The van der Waals surface area contributed by atoms with Gasteiger partial charge in [0.2, 0.25) is 5.91 Å². The Morgan fingerprint density at radius 2 is 1.90 bits per heavy atom. The largest absolute Gasteiger partial charge is 0.481 e. The molecule has 1 aromatic rings. The van der Waals surface area contributed by atoms with Gasteiger partial charge in [0.15, 0.2) is 0 Å². The number of nitrogens with zero attached hydrogens (tertiary/aromatic N) is 1. The number of benzene rings is 1. The molecule has 1 aliphatic rings. The van der Waals surface area contributed by atoms with Crippen molar-refractivity contribution in [1.82, 2.24) is 4.90 Å². The number of carboxylic acids is 1. The van der Waals surface area contributed by atoms with Crippen LogP contribution in [0.3, 0.4) is 0 Å². The number of para-hydroxylation sites is 1. The van der Waals surface area contributed by atoms with E-state index < -0.39 is 5.97 Å². The number of carbonyl (C=O) groups excluding carboxylic acids is 1. The lowest BCUT2D eigenvalue weighted by Gasteiger charge is -2.16. The Labute approximate surface area is 125 Å². The molecule has 114 valence electrons. The SMILES string of the molecule is CN(C)Cc1ccccc1NC(=O)C1CCC(C(=O)O)C1. The van der Waals surface area contributed by atoms with E-state index in [1.54, 1.807) is 0 Å². The van der Waals surface area contributed by atoms with Crippen LogP contribution in [-0.2, 0) is 16.1 Å². The van der Waals surface area contributed by atoms with Crippen molar-refractivity contribution in [3.63, 3.8) is 0 Å². The van der Waals surface area contributed by atoms with Gasteiger partial charge in [0.1, 0.15) is 0 Å². The molecule has 5 nitrogen and oxygen atoms in total. The third kappa shape index (κ3) is 4.04. The molecule has 0 aromatic heterocycles. The summed E-state index contributed by atoms with van der Waals surface area (Å²) >= 11 is 0. The molecule has 0 spiro atoms. The van der Waals surface area contributed by atoms with Crippen molar-refractivity contribution in [3.05, 3.63) is 29.8 Å². The number of rotatable bonds is 5. The van der Waals surface area contributed by atoms with Gasteiger partial charge in [-0.25, -0.2) is 0 Å². The van der Waals surface area contributed by atoms with Crippen molar-refractivity contribution in [2.75, 3.05) is 19.4 Å². The second-order valence-electron chi connectivity index (χ2n) is 5.93. The van der Waals surface area contributed by atoms with Crippen LogP contribution in [0.15, 0.2) is 24.3 Å². The number of anilines is 1. The van der Waals surface area contributed by atoms with Gasteiger partial charge in [0.05, 0.1) is 5.92 Å². The molecule has 0 saturated heterocycles. The van der Waals surface area contributed by atoms with E-state index in [1.165, 1.54) is 0 Å². The van der Waals surface area contributed by atoms with Gasteiger partial charge in [-0.2, -0.15) is 0 Å². The molecule has 2 unspecified atom stereocenters. The summed E-state index contributed by atoms with van der Waals surface area (Å²) in [7, 11) is 3.96. The molecule has 1 saturated carbocycles. The Morgan fingerprint density at radius 1 is 1.24 bits per heavy atom. The number of nitrogens with one attached hydrogen (secondary N) is 1. The van der Waals surface area contributed by atoms with Crippen LogP contribution >= 0.6 is 0 Å². The minimum atomic E-state index is -0.793. The molecule has 0 heterocycles. The second kappa shape index (κ2) is 6.72. The average Bonchev–Trinajstić information content (AvgIpc) is 2.90. The fraction of sp³-hybridized carbons (Fsp3) is 0.500. The summed E-state index contributed by atoms with van der Waals surface area (Å²) < 4.78 is 0. The van der Waals surface area contributed by atoms with Crippen LogP contribution in [-0.4, -0.2) is 36.0 Å². The quantitative estimate of drug-likeness (QED) is 0.872. The Bertz CT molecular complexity index is 528. The predicted molar refractivity (Wildman–Crippen MR) is 80.9 cm³/mol. The number of carbonyl (C=O) groups is 2. The molecule has 1 aromatic carbocycles. The minimum absolute atomic E-state index is 0.0649. The molecule has 2 atom stereocenters. The Balaban J connectivity index is 2.02. The van der Waals surface area contributed by atoms with Gasteiger partial charge in [0, 0.05) is 18.2 Å². The van der Waals surface area contributed by atoms with Crippen molar-refractivity contribution in [1.29, 1.82) is 0 Å². The first kappa shape index (κ1) is 15.5. The van der Waals surface area contributed by atoms with E-state index in [2.05, 4.69) is 5.32 Å². The smallest absolute Gasteiger partial charge is 0.306 e. The maximum atomic E-state index is 12.3. The summed E-state index contributed by atoms with van der Waals surface area (Å²) in [6, 6.07) is 7.72. The van der Waals surface area contributed by atoms with Crippen molar-refractivity contribution in [2.45, 2.75) is 25.8 Å². The van der Waals surface area contributed by atoms with Crippen LogP contribution in [0.5, 0.6) is 0 Å². The van der Waals surface area contributed by atoms with E-state index in [9.17, 15) is 9.59 Å². The van der Waals surface area contributed by atoms with Crippen LogP contribution in [0, 0.1) is 11.8 Å². The Kier molecular flexibility index (Phi) is 4.96. The molecular weight excluding hydrogens is 268 g/mol. The first-order chi connectivity index (χ1) is 9.97. The van der Waals surface area contributed by atoms with E-state index in [1.807, 2.05) is 43.3 Å². The first-order valence-corrected chi connectivity index (χ1v) is 7.23. The summed E-state index contributed by atoms with van der Waals surface area (Å²) in [5.74, 6) is -1.43. The second-order valence-corrected chi connectivity index (χ2v) is 5.93. The molecule has 21 heavy (non-hydrogen) atoms. The van der Waals surface area contributed by atoms with E-state index in [0.29, 0.717) is 19.3 Å². The van der Waals surface area contributed by atoms with Gasteiger partial charge in [0.25, 0.3) is 0 Å². The standard InChI is InChI=1S/C16H22N2O3/c1-18(2)10-13-5-3-4-6-14(13)17-15(19)11-7-8-12(9-11)16(20)21/h3-6,11-12H,7-10H2,1-2H3,(H,17,19)(H,20,21). The highest BCUT2D eigenvalue weighted by molar-refractivity contribution is 5.93. The van der Waals surface area contributed by atoms with Crippen molar-refractivity contribution in [2.24, 2.45) is 11.8 Å². The van der Waals surface area contributed by atoms with Crippen LogP contribution < -0.4 is 5.32 Å². The van der Waals surface area contributed by atoms with E-state index in [-0.39, 0.29) is 17.7 Å². The third-order valence-electron chi connectivity index (χ3n) is 3.91. The van der Waals surface area contributed by atoms with E-state index in [4.69, 9.17) is 5.11 Å². The van der Waals surface area contributed by atoms with Crippen LogP contribution in [0.4, 0.5) is 5.69 Å². The van der Waals surface area contributed by atoms with Crippen LogP contribution in [0.2, 0.25) is 0 Å². The Hall–Kier alpha value is -1.88. The van der Waals surface area contributed by atoms with Gasteiger partial charge in [-0.05, 0) is 45.0 Å². The Morgan fingerprint density at radius 3 is 2.52 bits per heavy atom. The highest BCUT2D eigenvalue weighted by Gasteiger charge is 2.33. The molecule has 0 radical (unpaired) electrons. The zero-order valence-electron chi connectivity index (χ0n) is 12.5. The van der Waals surface area contributed by atoms with Crippen molar-refractivity contribution < 1.29 is 14.7 Å². The fourth-order valence-electron chi connectivity index (χ4n) is 2.80. The lowest BCUT2D eigenvalue weighted by atomic mass is 10.0. The number of hydrogen-bond donors (Lipinski definition) is 2. The summed E-state index contributed by atoms with van der Waals surface area (Å²) in [5, 5.41) is 12.0. The summed E-state index contributed by atoms with van der Waals surface area (Å²) in [5.41, 5.74) is 1.87. The molecule has 2 rings (SSSR count). The maximum Gasteiger partial charge on any atom is 0.306 e. The van der Waals surface area contributed by atoms with Crippen LogP contribution in [0.25, 0.3) is 0 Å². The van der Waals surface area contributed by atoms with Gasteiger partial charge in [-0.1, -0.05) is 18.2 Å². The molecule has 1 aliphatic carbocycles.